The molecule has 0 amide bonds. The van der Waals surface area contributed by atoms with Crippen molar-refractivity contribution >= 4 is 28.5 Å². The zero-order chi connectivity index (χ0) is 14.1. The van der Waals surface area contributed by atoms with Gasteiger partial charge >= 0.3 is 0 Å². The Balaban J connectivity index is 1.95. The molecule has 0 unspecified atom stereocenters. The SMILES string of the molecule is Nc1nc(CO)nn1Cc1ccc2ncc(Cl)cc2c1. The van der Waals surface area contributed by atoms with Crippen molar-refractivity contribution in [3.8, 4) is 0 Å². The fourth-order valence-electron chi connectivity index (χ4n) is 2.01. The third kappa shape index (κ3) is 2.43. The number of aliphatic hydroxyl groups is 1. The molecule has 20 heavy (non-hydrogen) atoms. The Bertz CT molecular complexity index is 771. The van der Waals surface area contributed by atoms with E-state index >= 15 is 0 Å². The largest absolute Gasteiger partial charge is 0.388 e. The van der Waals surface area contributed by atoms with Gasteiger partial charge < -0.3 is 10.8 Å². The Hall–Kier alpha value is -2.18. The Morgan fingerprint density at radius 1 is 1.30 bits per heavy atom. The summed E-state index contributed by atoms with van der Waals surface area (Å²) in [6.45, 7) is 0.246. The molecule has 0 atom stereocenters. The second-order valence-electron chi connectivity index (χ2n) is 4.38. The summed E-state index contributed by atoms with van der Waals surface area (Å²) in [6, 6.07) is 7.70. The van der Waals surface area contributed by atoms with E-state index in [0.717, 1.165) is 16.5 Å². The van der Waals surface area contributed by atoms with Crippen LogP contribution >= 0.6 is 11.6 Å². The van der Waals surface area contributed by atoms with Gasteiger partial charge in [0, 0.05) is 11.6 Å². The Morgan fingerprint density at radius 2 is 2.15 bits per heavy atom. The number of aliphatic hydroxyl groups excluding tert-OH is 1. The number of nitrogens with zero attached hydrogens (tertiary/aromatic N) is 4. The van der Waals surface area contributed by atoms with Crippen molar-refractivity contribution in [3.05, 3.63) is 46.9 Å². The molecule has 3 aromatic rings. The summed E-state index contributed by atoms with van der Waals surface area (Å²) in [5, 5.41) is 14.7. The molecule has 102 valence electrons. The molecule has 0 radical (unpaired) electrons. The molecule has 6 nitrogen and oxygen atoms in total. The number of nitrogen functional groups attached to an aromatic ring is 1. The van der Waals surface area contributed by atoms with Crippen LogP contribution in [0.4, 0.5) is 5.95 Å². The molecular formula is C13H12ClN5O. The molecule has 0 aliphatic carbocycles. The summed E-state index contributed by atoms with van der Waals surface area (Å²) >= 11 is 5.94. The molecule has 2 heterocycles. The van der Waals surface area contributed by atoms with Crippen LogP contribution in [0, 0.1) is 0 Å². The molecule has 0 saturated carbocycles. The van der Waals surface area contributed by atoms with E-state index in [-0.39, 0.29) is 12.6 Å². The number of fused-ring (bicyclic) bond motifs is 1. The van der Waals surface area contributed by atoms with E-state index in [1.165, 1.54) is 0 Å². The van der Waals surface area contributed by atoms with Gasteiger partial charge in [0.1, 0.15) is 6.61 Å². The van der Waals surface area contributed by atoms with E-state index in [4.69, 9.17) is 22.4 Å². The lowest BCUT2D eigenvalue weighted by Crippen LogP contribution is -2.06. The number of rotatable bonds is 3. The van der Waals surface area contributed by atoms with Gasteiger partial charge in [0.2, 0.25) is 5.95 Å². The Morgan fingerprint density at radius 3 is 2.90 bits per heavy atom. The Kier molecular flexibility index (Phi) is 3.25. The van der Waals surface area contributed by atoms with Crippen molar-refractivity contribution in [1.82, 2.24) is 19.7 Å². The molecule has 7 heteroatoms. The fourth-order valence-corrected chi connectivity index (χ4v) is 2.18. The minimum atomic E-state index is -0.228. The number of hydrogen-bond acceptors (Lipinski definition) is 5. The smallest absolute Gasteiger partial charge is 0.219 e. The molecule has 0 saturated heterocycles. The van der Waals surface area contributed by atoms with Crippen molar-refractivity contribution in [2.75, 3.05) is 5.73 Å². The number of nitrogens with two attached hydrogens (primary N) is 1. The number of pyridine rings is 1. The second kappa shape index (κ2) is 5.07. The normalized spacial score (nSPS) is 11.1. The highest BCUT2D eigenvalue weighted by molar-refractivity contribution is 6.31. The predicted molar refractivity (Wildman–Crippen MR) is 76.2 cm³/mol. The first-order valence-corrected chi connectivity index (χ1v) is 6.38. The summed E-state index contributed by atoms with van der Waals surface area (Å²) < 4.78 is 1.55. The molecule has 3 rings (SSSR count). The molecule has 2 aromatic heterocycles. The maximum Gasteiger partial charge on any atom is 0.219 e. The molecule has 0 bridgehead atoms. The monoisotopic (exact) mass is 289 g/mol. The minimum Gasteiger partial charge on any atom is -0.388 e. The summed E-state index contributed by atoms with van der Waals surface area (Å²) in [5.41, 5.74) is 7.62. The van der Waals surface area contributed by atoms with Gasteiger partial charge in [-0.3, -0.25) is 4.98 Å². The van der Waals surface area contributed by atoms with Gasteiger partial charge in [-0.15, -0.1) is 0 Å². The van der Waals surface area contributed by atoms with E-state index in [1.54, 1.807) is 10.9 Å². The van der Waals surface area contributed by atoms with Gasteiger partial charge in [0.05, 0.1) is 17.1 Å². The molecule has 0 aliphatic rings. The quantitative estimate of drug-likeness (QED) is 0.764. The fraction of sp³-hybridized carbons (Fsp3) is 0.154. The number of benzene rings is 1. The highest BCUT2D eigenvalue weighted by Crippen LogP contribution is 2.19. The van der Waals surface area contributed by atoms with Crippen LogP contribution in [-0.4, -0.2) is 24.9 Å². The van der Waals surface area contributed by atoms with Crippen LogP contribution in [0.25, 0.3) is 10.9 Å². The van der Waals surface area contributed by atoms with Crippen molar-refractivity contribution in [2.45, 2.75) is 13.2 Å². The maximum atomic E-state index is 9.00. The van der Waals surface area contributed by atoms with Crippen LogP contribution in [0.15, 0.2) is 30.5 Å². The number of aromatic nitrogens is 4. The van der Waals surface area contributed by atoms with Gasteiger partial charge in [0.15, 0.2) is 5.82 Å². The van der Waals surface area contributed by atoms with Crippen molar-refractivity contribution in [3.63, 3.8) is 0 Å². The second-order valence-corrected chi connectivity index (χ2v) is 4.82. The lowest BCUT2D eigenvalue weighted by atomic mass is 10.1. The van der Waals surface area contributed by atoms with E-state index in [1.807, 2.05) is 24.3 Å². The van der Waals surface area contributed by atoms with Gasteiger partial charge in [-0.1, -0.05) is 17.7 Å². The maximum absolute atomic E-state index is 9.00. The summed E-state index contributed by atoms with van der Waals surface area (Å²) in [7, 11) is 0. The third-order valence-electron chi connectivity index (χ3n) is 2.93. The lowest BCUT2D eigenvalue weighted by molar-refractivity contribution is 0.271. The molecule has 0 fully saturated rings. The van der Waals surface area contributed by atoms with Crippen LogP contribution in [0.1, 0.15) is 11.4 Å². The predicted octanol–water partition coefficient (Wildman–Crippen LogP) is 1.60. The third-order valence-corrected chi connectivity index (χ3v) is 3.14. The van der Waals surface area contributed by atoms with E-state index in [9.17, 15) is 0 Å². The first-order valence-electron chi connectivity index (χ1n) is 6.00. The zero-order valence-electron chi connectivity index (χ0n) is 10.5. The first-order chi connectivity index (χ1) is 9.65. The van der Waals surface area contributed by atoms with Crippen molar-refractivity contribution in [2.24, 2.45) is 0 Å². The first kappa shape index (κ1) is 12.8. The molecule has 1 aromatic carbocycles. The van der Waals surface area contributed by atoms with Gasteiger partial charge in [-0.05, 0) is 23.8 Å². The van der Waals surface area contributed by atoms with E-state index < -0.39 is 0 Å². The average Bonchev–Trinajstić information content (AvgIpc) is 2.79. The molecular weight excluding hydrogens is 278 g/mol. The zero-order valence-corrected chi connectivity index (χ0v) is 11.2. The van der Waals surface area contributed by atoms with Crippen LogP contribution < -0.4 is 5.73 Å². The van der Waals surface area contributed by atoms with Crippen LogP contribution in [0.5, 0.6) is 0 Å². The van der Waals surface area contributed by atoms with E-state index in [0.29, 0.717) is 17.4 Å². The molecule has 0 spiro atoms. The van der Waals surface area contributed by atoms with Gasteiger partial charge in [0.25, 0.3) is 0 Å². The summed E-state index contributed by atoms with van der Waals surface area (Å²) in [6.07, 6.45) is 1.62. The molecule has 0 aliphatic heterocycles. The highest BCUT2D eigenvalue weighted by atomic mass is 35.5. The standard InChI is InChI=1S/C13H12ClN5O/c14-10-4-9-3-8(1-2-11(9)16-5-10)6-19-13(15)17-12(7-20)18-19/h1-5,20H,6-7H2,(H2,15,17,18). The number of anilines is 1. The minimum absolute atomic E-state index is 0.228. The lowest BCUT2D eigenvalue weighted by Gasteiger charge is -2.05. The highest BCUT2D eigenvalue weighted by Gasteiger charge is 2.07. The summed E-state index contributed by atoms with van der Waals surface area (Å²) in [5.74, 6) is 0.589. The number of hydrogen-bond donors (Lipinski definition) is 2. The van der Waals surface area contributed by atoms with Gasteiger partial charge in [-0.2, -0.15) is 10.1 Å². The van der Waals surface area contributed by atoms with Crippen molar-refractivity contribution in [1.29, 1.82) is 0 Å². The van der Waals surface area contributed by atoms with Crippen LogP contribution in [-0.2, 0) is 13.2 Å². The average molecular weight is 290 g/mol. The van der Waals surface area contributed by atoms with Crippen LogP contribution in [0.3, 0.4) is 0 Å². The van der Waals surface area contributed by atoms with Gasteiger partial charge in [-0.25, -0.2) is 4.68 Å². The number of halogens is 1. The summed E-state index contributed by atoms with van der Waals surface area (Å²) in [4.78, 5) is 8.19. The molecule has 3 N–H and O–H groups in total. The Labute approximate surface area is 119 Å². The van der Waals surface area contributed by atoms with Crippen LogP contribution in [0.2, 0.25) is 5.02 Å². The van der Waals surface area contributed by atoms with Crippen molar-refractivity contribution < 1.29 is 5.11 Å². The van der Waals surface area contributed by atoms with E-state index in [2.05, 4.69) is 15.1 Å². The topological polar surface area (TPSA) is 89.9 Å².